The molecule has 30 heavy (non-hydrogen) atoms. The summed E-state index contributed by atoms with van der Waals surface area (Å²) in [6, 6.07) is 9.89. The average molecular weight is 407 g/mol. The summed E-state index contributed by atoms with van der Waals surface area (Å²) < 4.78 is 5.13. The number of nitrogens with one attached hydrogen (secondary N) is 2. The fourth-order valence-corrected chi connectivity index (χ4v) is 4.01. The zero-order chi connectivity index (χ0) is 21.7. The van der Waals surface area contributed by atoms with E-state index < -0.39 is 11.5 Å². The van der Waals surface area contributed by atoms with Crippen LogP contribution in [0.15, 0.2) is 29.1 Å². The number of pyridine rings is 1. The third kappa shape index (κ3) is 4.77. The van der Waals surface area contributed by atoms with Crippen LogP contribution >= 0.6 is 0 Å². The lowest BCUT2D eigenvalue weighted by Gasteiger charge is -2.26. The van der Waals surface area contributed by atoms with E-state index in [0.717, 1.165) is 30.4 Å². The van der Waals surface area contributed by atoms with E-state index in [1.165, 1.54) is 5.56 Å². The maximum Gasteiger partial charge on any atom is 0.306 e. The molecule has 7 nitrogen and oxygen atoms in total. The van der Waals surface area contributed by atoms with E-state index in [9.17, 15) is 14.4 Å². The Morgan fingerprint density at radius 3 is 2.83 bits per heavy atom. The van der Waals surface area contributed by atoms with Gasteiger partial charge in [0.15, 0.2) is 6.61 Å². The van der Waals surface area contributed by atoms with Crippen molar-refractivity contribution >= 4 is 11.9 Å². The van der Waals surface area contributed by atoms with Crippen molar-refractivity contribution in [3.8, 4) is 6.07 Å². The van der Waals surface area contributed by atoms with Gasteiger partial charge in [-0.1, -0.05) is 24.3 Å². The quantitative estimate of drug-likeness (QED) is 0.715. The first-order chi connectivity index (χ1) is 14.4. The van der Waals surface area contributed by atoms with Gasteiger partial charge in [0.25, 0.3) is 11.5 Å². The molecule has 1 aliphatic carbocycles. The molecule has 1 aromatic carbocycles. The molecule has 0 bridgehead atoms. The predicted octanol–water partition coefficient (Wildman–Crippen LogP) is 2.53. The molecule has 3 rings (SSSR count). The minimum absolute atomic E-state index is 0.0520. The number of hydrogen-bond donors (Lipinski definition) is 2. The van der Waals surface area contributed by atoms with Crippen LogP contribution in [0.4, 0.5) is 0 Å². The first-order valence-electron chi connectivity index (χ1n) is 10.1. The minimum atomic E-state index is -0.502. The second kappa shape index (κ2) is 9.40. The fourth-order valence-electron chi connectivity index (χ4n) is 4.01. The second-order valence-corrected chi connectivity index (χ2v) is 7.54. The molecule has 1 aliphatic rings. The number of ether oxygens (including phenoxy) is 1. The van der Waals surface area contributed by atoms with Crippen LogP contribution in [0.25, 0.3) is 0 Å². The molecular formula is C23H25N3O4. The van der Waals surface area contributed by atoms with E-state index in [0.29, 0.717) is 17.7 Å². The highest BCUT2D eigenvalue weighted by Crippen LogP contribution is 2.29. The van der Waals surface area contributed by atoms with Gasteiger partial charge in [-0.3, -0.25) is 14.4 Å². The normalized spacial score (nSPS) is 15.0. The molecular weight excluding hydrogens is 382 g/mol. The summed E-state index contributed by atoms with van der Waals surface area (Å²) in [7, 11) is 0. The van der Waals surface area contributed by atoms with Crippen molar-refractivity contribution in [3.05, 3.63) is 68.1 Å². The number of benzene rings is 1. The predicted molar refractivity (Wildman–Crippen MR) is 111 cm³/mol. The third-order valence-electron chi connectivity index (χ3n) is 5.57. The first-order valence-corrected chi connectivity index (χ1v) is 10.1. The molecule has 0 aliphatic heterocycles. The van der Waals surface area contributed by atoms with Crippen molar-refractivity contribution in [1.29, 1.82) is 5.26 Å². The minimum Gasteiger partial charge on any atom is -0.456 e. The van der Waals surface area contributed by atoms with Crippen molar-refractivity contribution in [2.45, 2.75) is 52.0 Å². The number of carbonyl (C=O) groups is 2. The number of nitriles is 1. The fraction of sp³-hybridized carbons (Fsp3) is 0.391. The SMILES string of the molecule is Cc1[nH]c(=O)c(C#N)c(C)c1CCC(=O)OCC(=O)N[C@@H]1CCCc2ccccc21. The molecule has 1 aromatic heterocycles. The zero-order valence-corrected chi connectivity index (χ0v) is 17.2. The van der Waals surface area contributed by atoms with Gasteiger partial charge in [-0.15, -0.1) is 0 Å². The van der Waals surface area contributed by atoms with E-state index in [2.05, 4.69) is 16.4 Å². The number of rotatable bonds is 6. The van der Waals surface area contributed by atoms with Crippen LogP contribution in [0.2, 0.25) is 0 Å². The van der Waals surface area contributed by atoms with E-state index in [-0.39, 0.29) is 30.5 Å². The van der Waals surface area contributed by atoms with Gasteiger partial charge in [0.1, 0.15) is 11.6 Å². The van der Waals surface area contributed by atoms with Gasteiger partial charge in [0.2, 0.25) is 0 Å². The van der Waals surface area contributed by atoms with E-state index in [4.69, 9.17) is 10.00 Å². The lowest BCUT2D eigenvalue weighted by Crippen LogP contribution is -2.34. The second-order valence-electron chi connectivity index (χ2n) is 7.54. The monoisotopic (exact) mass is 407 g/mol. The molecule has 0 saturated heterocycles. The molecule has 0 saturated carbocycles. The number of fused-ring (bicyclic) bond motifs is 1. The van der Waals surface area contributed by atoms with Crippen molar-refractivity contribution in [1.82, 2.24) is 10.3 Å². The molecule has 156 valence electrons. The van der Waals surface area contributed by atoms with Crippen LogP contribution < -0.4 is 10.9 Å². The number of aryl methyl sites for hydroxylation is 2. The molecule has 2 aromatic rings. The maximum atomic E-state index is 12.3. The summed E-state index contributed by atoms with van der Waals surface area (Å²) in [5.74, 6) is -0.828. The van der Waals surface area contributed by atoms with Gasteiger partial charge in [-0.2, -0.15) is 5.26 Å². The van der Waals surface area contributed by atoms with Gasteiger partial charge in [0.05, 0.1) is 6.04 Å². The van der Waals surface area contributed by atoms with E-state index >= 15 is 0 Å². The molecule has 1 atom stereocenters. The van der Waals surface area contributed by atoms with Crippen LogP contribution in [-0.2, 0) is 27.2 Å². The maximum absolute atomic E-state index is 12.3. The molecule has 7 heteroatoms. The Morgan fingerprint density at radius 2 is 2.07 bits per heavy atom. The highest BCUT2D eigenvalue weighted by atomic mass is 16.5. The van der Waals surface area contributed by atoms with Crippen molar-refractivity contribution < 1.29 is 14.3 Å². The number of esters is 1. The Morgan fingerprint density at radius 1 is 1.30 bits per heavy atom. The van der Waals surface area contributed by atoms with Crippen LogP contribution in [-0.4, -0.2) is 23.5 Å². The van der Waals surface area contributed by atoms with Gasteiger partial charge >= 0.3 is 5.97 Å². The average Bonchev–Trinajstić information content (AvgIpc) is 2.72. The van der Waals surface area contributed by atoms with E-state index in [1.807, 2.05) is 24.3 Å². The van der Waals surface area contributed by atoms with Gasteiger partial charge in [-0.25, -0.2) is 0 Å². The molecule has 0 spiro atoms. The Kier molecular flexibility index (Phi) is 6.68. The molecule has 0 unspecified atom stereocenters. The molecule has 0 fully saturated rings. The first kappa shape index (κ1) is 21.3. The summed E-state index contributed by atoms with van der Waals surface area (Å²) in [5, 5.41) is 12.1. The summed E-state index contributed by atoms with van der Waals surface area (Å²) in [5.41, 5.74) is 3.93. The Bertz CT molecular complexity index is 1070. The highest BCUT2D eigenvalue weighted by Gasteiger charge is 2.22. The van der Waals surface area contributed by atoms with Crippen LogP contribution in [0.5, 0.6) is 0 Å². The Labute approximate surface area is 175 Å². The Balaban J connectivity index is 1.52. The number of amides is 1. The summed E-state index contributed by atoms with van der Waals surface area (Å²) in [4.78, 5) is 38.8. The van der Waals surface area contributed by atoms with Gasteiger partial charge < -0.3 is 15.0 Å². The van der Waals surface area contributed by atoms with Crippen molar-refractivity contribution in [3.63, 3.8) is 0 Å². The smallest absolute Gasteiger partial charge is 0.306 e. The van der Waals surface area contributed by atoms with Crippen molar-refractivity contribution in [2.75, 3.05) is 6.61 Å². The summed E-state index contributed by atoms with van der Waals surface area (Å²) >= 11 is 0. The molecule has 1 amide bonds. The number of H-pyrrole nitrogens is 1. The molecule has 2 N–H and O–H groups in total. The Hall–Kier alpha value is -3.40. The largest absolute Gasteiger partial charge is 0.456 e. The number of carbonyl (C=O) groups excluding carboxylic acids is 2. The number of hydrogen-bond acceptors (Lipinski definition) is 5. The lowest BCUT2D eigenvalue weighted by molar-refractivity contribution is -0.148. The summed E-state index contributed by atoms with van der Waals surface area (Å²) in [6.07, 6.45) is 3.25. The third-order valence-corrected chi connectivity index (χ3v) is 5.57. The number of aromatic nitrogens is 1. The zero-order valence-electron chi connectivity index (χ0n) is 17.2. The lowest BCUT2D eigenvalue weighted by atomic mass is 9.88. The van der Waals surface area contributed by atoms with Crippen LogP contribution in [0.3, 0.4) is 0 Å². The number of aromatic amines is 1. The standard InChI is InChI=1S/C23H25N3O4/c1-14-17(15(2)25-23(29)19(14)12-24)10-11-22(28)30-13-21(27)26-20-9-5-7-16-6-3-4-8-18(16)20/h3-4,6,8,20H,5,7,9-11,13H2,1-2H3,(H,25,29)(H,26,27)/t20-/m1/s1. The van der Waals surface area contributed by atoms with Crippen LogP contribution in [0.1, 0.15) is 58.8 Å². The van der Waals surface area contributed by atoms with Gasteiger partial charge in [0, 0.05) is 12.1 Å². The van der Waals surface area contributed by atoms with Crippen molar-refractivity contribution in [2.24, 2.45) is 0 Å². The molecule has 0 radical (unpaired) electrons. The number of nitrogens with zero attached hydrogens (tertiary/aromatic N) is 1. The topological polar surface area (TPSA) is 112 Å². The van der Waals surface area contributed by atoms with Crippen LogP contribution in [0, 0.1) is 25.2 Å². The summed E-state index contributed by atoms with van der Waals surface area (Å²) in [6.45, 7) is 3.09. The molecule has 1 heterocycles. The highest BCUT2D eigenvalue weighted by molar-refractivity contribution is 5.81. The van der Waals surface area contributed by atoms with Gasteiger partial charge in [-0.05, 0) is 61.8 Å². The van der Waals surface area contributed by atoms with E-state index in [1.54, 1.807) is 13.8 Å².